The molecular formula is C30H41N3O7. The zero-order chi connectivity index (χ0) is 28.4. The molecule has 3 saturated carbocycles. The Morgan fingerprint density at radius 1 is 1.07 bits per heavy atom. The molecule has 12 atom stereocenters. The van der Waals surface area contributed by atoms with Crippen LogP contribution in [-0.4, -0.2) is 57.7 Å². The number of azide groups is 1. The van der Waals surface area contributed by atoms with Crippen molar-refractivity contribution < 1.29 is 29.2 Å². The van der Waals surface area contributed by atoms with E-state index in [1.807, 2.05) is 6.07 Å². The van der Waals surface area contributed by atoms with Crippen LogP contribution in [0.15, 0.2) is 44.4 Å². The molecule has 1 aromatic heterocycles. The van der Waals surface area contributed by atoms with Crippen molar-refractivity contribution in [3.05, 3.63) is 56.5 Å². The van der Waals surface area contributed by atoms with Crippen LogP contribution in [0.4, 0.5) is 0 Å². The average Bonchev–Trinajstić information content (AvgIpc) is 3.21. The van der Waals surface area contributed by atoms with Gasteiger partial charge in [0.25, 0.3) is 0 Å². The Morgan fingerprint density at radius 2 is 1.88 bits per heavy atom. The minimum Gasteiger partial charge on any atom is -0.431 e. The first-order valence-corrected chi connectivity index (χ1v) is 14.8. The Morgan fingerprint density at radius 3 is 2.60 bits per heavy atom. The molecule has 0 aromatic carbocycles. The molecule has 0 amide bonds. The Balaban J connectivity index is 1.19. The zero-order valence-electron chi connectivity index (χ0n) is 23.5. The molecule has 1 aliphatic heterocycles. The summed E-state index contributed by atoms with van der Waals surface area (Å²) >= 11 is 0. The molecule has 4 unspecified atom stereocenters. The van der Waals surface area contributed by atoms with E-state index in [-0.39, 0.29) is 34.4 Å². The summed E-state index contributed by atoms with van der Waals surface area (Å²) in [6, 6.07) is 2.48. The van der Waals surface area contributed by atoms with Crippen LogP contribution in [-0.2, 0) is 9.47 Å². The van der Waals surface area contributed by atoms with E-state index in [1.165, 1.54) is 11.6 Å². The first-order valence-electron chi connectivity index (χ1n) is 14.8. The topological polar surface area (TPSA) is 158 Å². The van der Waals surface area contributed by atoms with E-state index in [0.29, 0.717) is 5.92 Å². The summed E-state index contributed by atoms with van der Waals surface area (Å²) in [5.41, 5.74) is 9.71. The molecule has 4 aliphatic carbocycles. The molecular weight excluding hydrogens is 514 g/mol. The summed E-state index contributed by atoms with van der Waals surface area (Å²) in [5.74, 6) is 0.723. The van der Waals surface area contributed by atoms with Gasteiger partial charge in [-0.2, -0.15) is 0 Å². The van der Waals surface area contributed by atoms with Crippen molar-refractivity contribution in [3.8, 4) is 0 Å². The summed E-state index contributed by atoms with van der Waals surface area (Å²) in [6.45, 7) is 6.28. The lowest BCUT2D eigenvalue weighted by atomic mass is 9.45. The van der Waals surface area contributed by atoms with Gasteiger partial charge in [-0.05, 0) is 98.6 Å². The maximum atomic E-state index is 12.4. The fraction of sp³-hybridized carbons (Fsp3) is 0.767. The maximum Gasteiger partial charge on any atom is 0.335 e. The highest BCUT2D eigenvalue weighted by atomic mass is 16.7. The second-order valence-corrected chi connectivity index (χ2v) is 13.3. The summed E-state index contributed by atoms with van der Waals surface area (Å²) in [6.07, 6.45) is 6.39. The van der Waals surface area contributed by atoms with Crippen LogP contribution in [0.25, 0.3) is 10.4 Å². The van der Waals surface area contributed by atoms with E-state index in [4.69, 9.17) is 19.4 Å². The van der Waals surface area contributed by atoms with E-state index in [1.54, 1.807) is 13.2 Å². The second-order valence-electron chi connectivity index (χ2n) is 13.3. The molecule has 1 aromatic rings. The fourth-order valence-electron chi connectivity index (χ4n) is 9.39. The molecule has 2 heterocycles. The van der Waals surface area contributed by atoms with Crippen molar-refractivity contribution in [2.45, 2.75) is 120 Å². The van der Waals surface area contributed by atoms with Crippen LogP contribution in [0.2, 0.25) is 0 Å². The third-order valence-electron chi connectivity index (χ3n) is 11.7. The van der Waals surface area contributed by atoms with Gasteiger partial charge in [0.05, 0.1) is 36.2 Å². The first kappa shape index (κ1) is 27.9. The Bertz CT molecular complexity index is 1260. The molecule has 3 N–H and O–H groups in total. The van der Waals surface area contributed by atoms with Gasteiger partial charge in [-0.1, -0.05) is 30.6 Å². The molecule has 218 valence electrons. The SMILES string of the molecule is C[C@@H]1O[C@@H](O[C@@H]2C=C3CCC4C(CC[C@]5(C)C(c6ccc(=O)oc6)CC[C@]45O)[C@@]3(C)CC2)[C@H](O)C(O)[C@H]1N=[N+]=[N-]. The number of fused-ring (bicyclic) bond motifs is 5. The van der Waals surface area contributed by atoms with Crippen molar-refractivity contribution in [3.63, 3.8) is 0 Å². The van der Waals surface area contributed by atoms with Crippen LogP contribution in [0.5, 0.6) is 0 Å². The second kappa shape index (κ2) is 9.96. The van der Waals surface area contributed by atoms with Crippen LogP contribution in [0.1, 0.15) is 83.6 Å². The minimum atomic E-state index is -1.31. The quantitative estimate of drug-likeness (QED) is 0.216. The molecule has 0 spiro atoms. The number of hydrogen-bond donors (Lipinski definition) is 3. The summed E-state index contributed by atoms with van der Waals surface area (Å²) in [5, 5.41) is 37.1. The van der Waals surface area contributed by atoms with Crippen molar-refractivity contribution in [1.29, 1.82) is 0 Å². The van der Waals surface area contributed by atoms with Gasteiger partial charge in [0.1, 0.15) is 6.10 Å². The maximum absolute atomic E-state index is 12.4. The summed E-state index contributed by atoms with van der Waals surface area (Å²) < 4.78 is 17.2. The number of hydrogen-bond acceptors (Lipinski definition) is 8. The molecule has 0 radical (unpaired) electrons. The zero-order valence-corrected chi connectivity index (χ0v) is 23.5. The third kappa shape index (κ3) is 4.10. The van der Waals surface area contributed by atoms with E-state index in [2.05, 4.69) is 29.9 Å². The molecule has 1 saturated heterocycles. The molecule has 5 aliphatic rings. The fourth-order valence-corrected chi connectivity index (χ4v) is 9.39. The summed E-state index contributed by atoms with van der Waals surface area (Å²) in [4.78, 5) is 14.3. The van der Waals surface area contributed by atoms with Gasteiger partial charge in [0.15, 0.2) is 6.29 Å². The molecule has 10 heteroatoms. The van der Waals surface area contributed by atoms with Crippen LogP contribution >= 0.6 is 0 Å². The highest BCUT2D eigenvalue weighted by Gasteiger charge is 2.66. The van der Waals surface area contributed by atoms with Crippen LogP contribution in [0.3, 0.4) is 0 Å². The molecule has 40 heavy (non-hydrogen) atoms. The highest BCUT2D eigenvalue weighted by Crippen LogP contribution is 2.70. The Kier molecular flexibility index (Phi) is 6.96. The van der Waals surface area contributed by atoms with Gasteiger partial charge < -0.3 is 29.2 Å². The van der Waals surface area contributed by atoms with Crippen molar-refractivity contribution >= 4 is 0 Å². The number of nitrogens with zero attached hydrogens (tertiary/aromatic N) is 3. The van der Waals surface area contributed by atoms with E-state index in [9.17, 15) is 20.1 Å². The third-order valence-corrected chi connectivity index (χ3v) is 11.7. The average molecular weight is 556 g/mol. The van der Waals surface area contributed by atoms with E-state index >= 15 is 0 Å². The monoisotopic (exact) mass is 555 g/mol. The lowest BCUT2D eigenvalue weighted by molar-refractivity contribution is -0.279. The normalized spacial score (nSPS) is 48.2. The number of aliphatic hydroxyl groups excluding tert-OH is 2. The smallest absolute Gasteiger partial charge is 0.335 e. The number of allylic oxidation sites excluding steroid dienone is 1. The van der Waals surface area contributed by atoms with Gasteiger partial charge in [0, 0.05) is 16.4 Å². The van der Waals surface area contributed by atoms with E-state index in [0.717, 1.165) is 56.9 Å². The van der Waals surface area contributed by atoms with E-state index < -0.39 is 36.2 Å². The van der Waals surface area contributed by atoms with Gasteiger partial charge in [-0.15, -0.1) is 0 Å². The standard InChI is InChI=1S/C30H41N3O7/c1-16-24(32-33-31)25(35)26(36)27(39-16)40-19-8-11-28(2)18(14-19)5-6-22-21(28)9-12-29(3)20(10-13-30(22,29)37)17-4-7-23(34)38-15-17/h4,7,14-16,19-22,24-27,35-37H,5-6,8-13H2,1-3H3/t16-,19-,20?,21?,22?,24-,25?,26+,27-,28-,29+,30-/m0/s1. The number of aliphatic hydroxyl groups is 3. The predicted octanol–water partition coefficient (Wildman–Crippen LogP) is 4.33. The molecule has 10 nitrogen and oxygen atoms in total. The Hall–Kier alpha value is -2.20. The van der Waals surface area contributed by atoms with Crippen molar-refractivity contribution in [1.82, 2.24) is 0 Å². The lowest BCUT2D eigenvalue weighted by Gasteiger charge is -2.62. The van der Waals surface area contributed by atoms with Gasteiger partial charge >= 0.3 is 5.63 Å². The Labute approximate surface area is 234 Å². The van der Waals surface area contributed by atoms with Crippen molar-refractivity contribution in [2.75, 3.05) is 0 Å². The van der Waals surface area contributed by atoms with Gasteiger partial charge in [0.2, 0.25) is 0 Å². The minimum absolute atomic E-state index is 0.0388. The number of ether oxygens (including phenoxy) is 2. The van der Waals surface area contributed by atoms with Gasteiger partial charge in [-0.25, -0.2) is 4.79 Å². The highest BCUT2D eigenvalue weighted by molar-refractivity contribution is 5.31. The van der Waals surface area contributed by atoms with Crippen LogP contribution < -0.4 is 5.63 Å². The van der Waals surface area contributed by atoms with Crippen LogP contribution in [0, 0.1) is 22.7 Å². The van der Waals surface area contributed by atoms with Gasteiger partial charge in [-0.3, -0.25) is 0 Å². The lowest BCUT2D eigenvalue weighted by Crippen LogP contribution is -2.60. The van der Waals surface area contributed by atoms with Crippen molar-refractivity contribution in [2.24, 2.45) is 27.8 Å². The molecule has 6 rings (SSSR count). The molecule has 0 bridgehead atoms. The number of rotatable bonds is 4. The largest absolute Gasteiger partial charge is 0.431 e. The first-order chi connectivity index (χ1) is 19.0. The summed E-state index contributed by atoms with van der Waals surface area (Å²) in [7, 11) is 0. The predicted molar refractivity (Wildman–Crippen MR) is 145 cm³/mol. The molecule has 4 fully saturated rings.